The summed E-state index contributed by atoms with van der Waals surface area (Å²) in [5.41, 5.74) is 0. The highest BCUT2D eigenvalue weighted by atomic mass is 35.5. The van der Waals surface area contributed by atoms with Crippen LogP contribution in [0.5, 0.6) is 0 Å². The molecule has 1 aliphatic heterocycles. The van der Waals surface area contributed by atoms with Crippen LogP contribution >= 0.6 is 22.9 Å². The molecule has 2 heterocycles. The lowest BCUT2D eigenvalue weighted by molar-refractivity contribution is -0.121. The van der Waals surface area contributed by atoms with Crippen LogP contribution in [0.15, 0.2) is 12.1 Å². The van der Waals surface area contributed by atoms with Gasteiger partial charge in [0.1, 0.15) is 0 Å². The molecule has 0 bridgehead atoms. The molecule has 1 saturated heterocycles. The van der Waals surface area contributed by atoms with E-state index in [2.05, 4.69) is 10.2 Å². The van der Waals surface area contributed by atoms with E-state index < -0.39 is 0 Å². The number of amides is 1. The number of hydrogen-bond donors (Lipinski definition) is 1. The van der Waals surface area contributed by atoms with Crippen LogP contribution in [0.2, 0.25) is 4.34 Å². The van der Waals surface area contributed by atoms with Gasteiger partial charge >= 0.3 is 0 Å². The molecule has 19 heavy (non-hydrogen) atoms. The van der Waals surface area contributed by atoms with Crippen LogP contribution in [0.3, 0.4) is 0 Å². The first-order chi connectivity index (χ1) is 9.24. The third-order valence-electron chi connectivity index (χ3n) is 3.43. The summed E-state index contributed by atoms with van der Waals surface area (Å²) >= 11 is 7.41. The van der Waals surface area contributed by atoms with E-state index in [1.807, 2.05) is 12.1 Å². The molecule has 1 aliphatic rings. The molecule has 5 heteroatoms. The highest BCUT2D eigenvalue weighted by Gasteiger charge is 2.10. The fourth-order valence-electron chi connectivity index (χ4n) is 2.35. The van der Waals surface area contributed by atoms with Gasteiger partial charge in [0.05, 0.1) is 4.34 Å². The third-order valence-corrected chi connectivity index (χ3v) is 4.72. The summed E-state index contributed by atoms with van der Waals surface area (Å²) in [6.45, 7) is 4.12. The third kappa shape index (κ3) is 5.51. The van der Waals surface area contributed by atoms with Crippen molar-refractivity contribution < 1.29 is 4.79 Å². The molecular weight excluding hydrogens is 280 g/mol. The van der Waals surface area contributed by atoms with Crippen molar-refractivity contribution in [3.05, 3.63) is 21.3 Å². The normalized spacial score (nSPS) is 16.5. The zero-order valence-electron chi connectivity index (χ0n) is 11.2. The predicted molar refractivity (Wildman–Crippen MR) is 81.0 cm³/mol. The molecule has 0 saturated carbocycles. The SMILES string of the molecule is O=C(CCc1ccc(Cl)s1)NCCN1CCCCC1. The highest BCUT2D eigenvalue weighted by molar-refractivity contribution is 7.16. The molecule has 0 radical (unpaired) electrons. The van der Waals surface area contributed by atoms with Crippen LogP contribution in [-0.2, 0) is 11.2 Å². The molecular formula is C14H21ClN2OS. The molecule has 1 fully saturated rings. The van der Waals surface area contributed by atoms with Gasteiger partial charge in [-0.15, -0.1) is 11.3 Å². The maximum Gasteiger partial charge on any atom is 0.220 e. The van der Waals surface area contributed by atoms with Crippen LogP contribution in [0.1, 0.15) is 30.6 Å². The number of likely N-dealkylation sites (tertiary alicyclic amines) is 1. The average Bonchev–Trinajstić information content (AvgIpc) is 2.83. The Bertz CT molecular complexity index is 402. The zero-order valence-corrected chi connectivity index (χ0v) is 12.7. The molecule has 106 valence electrons. The Balaban J connectivity index is 1.56. The minimum absolute atomic E-state index is 0.140. The van der Waals surface area contributed by atoms with Gasteiger partial charge in [0.25, 0.3) is 0 Å². The second-order valence-electron chi connectivity index (χ2n) is 4.96. The maximum absolute atomic E-state index is 11.7. The van der Waals surface area contributed by atoms with Crippen molar-refractivity contribution in [3.8, 4) is 0 Å². The van der Waals surface area contributed by atoms with Crippen molar-refractivity contribution in [1.82, 2.24) is 10.2 Å². The van der Waals surface area contributed by atoms with E-state index in [1.54, 1.807) is 11.3 Å². The Labute approximate surface area is 123 Å². The van der Waals surface area contributed by atoms with Crippen molar-refractivity contribution >= 4 is 28.8 Å². The fourth-order valence-corrected chi connectivity index (χ4v) is 3.43. The lowest BCUT2D eigenvalue weighted by Gasteiger charge is -2.26. The van der Waals surface area contributed by atoms with Crippen LogP contribution in [0.25, 0.3) is 0 Å². The van der Waals surface area contributed by atoms with Gasteiger partial charge in [0.15, 0.2) is 0 Å². The summed E-state index contributed by atoms with van der Waals surface area (Å²) in [6.07, 6.45) is 5.29. The largest absolute Gasteiger partial charge is 0.355 e. The number of halogens is 1. The van der Waals surface area contributed by atoms with Crippen LogP contribution < -0.4 is 5.32 Å². The van der Waals surface area contributed by atoms with Crippen LogP contribution in [0.4, 0.5) is 0 Å². The molecule has 0 aliphatic carbocycles. The summed E-state index contributed by atoms with van der Waals surface area (Å²) in [7, 11) is 0. The van der Waals surface area contributed by atoms with Gasteiger partial charge in [-0.05, 0) is 44.5 Å². The summed E-state index contributed by atoms with van der Waals surface area (Å²) in [6, 6.07) is 3.88. The van der Waals surface area contributed by atoms with Gasteiger partial charge in [0.2, 0.25) is 5.91 Å². The Morgan fingerprint density at radius 2 is 2.11 bits per heavy atom. The first-order valence-corrected chi connectivity index (χ1v) is 8.17. The van der Waals surface area contributed by atoms with E-state index in [0.717, 1.165) is 23.8 Å². The van der Waals surface area contributed by atoms with Gasteiger partial charge in [-0.25, -0.2) is 0 Å². The van der Waals surface area contributed by atoms with Crippen LogP contribution in [0, 0.1) is 0 Å². The maximum atomic E-state index is 11.7. The number of aryl methyl sites for hydroxylation is 1. The molecule has 0 unspecified atom stereocenters. The number of nitrogens with zero attached hydrogens (tertiary/aromatic N) is 1. The number of nitrogens with one attached hydrogen (secondary N) is 1. The Hall–Kier alpha value is -0.580. The van der Waals surface area contributed by atoms with Gasteiger partial charge in [-0.1, -0.05) is 18.0 Å². The van der Waals surface area contributed by atoms with E-state index in [4.69, 9.17) is 11.6 Å². The van der Waals surface area contributed by atoms with E-state index in [-0.39, 0.29) is 5.91 Å². The molecule has 1 aromatic heterocycles. The van der Waals surface area contributed by atoms with Crippen molar-refractivity contribution in [2.24, 2.45) is 0 Å². The minimum Gasteiger partial charge on any atom is -0.355 e. The Kier molecular flexibility index (Phi) is 6.14. The second-order valence-corrected chi connectivity index (χ2v) is 6.76. The molecule has 1 amide bonds. The summed E-state index contributed by atoms with van der Waals surface area (Å²) in [5.74, 6) is 0.140. The molecule has 0 spiro atoms. The standard InChI is InChI=1S/C14H21ClN2OS/c15-13-6-4-12(19-13)5-7-14(18)16-8-11-17-9-2-1-3-10-17/h4,6H,1-3,5,7-11H2,(H,16,18). The number of rotatable bonds is 6. The number of carbonyl (C=O) groups excluding carboxylic acids is 1. The van der Waals surface area contributed by atoms with Gasteiger partial charge in [-0.3, -0.25) is 4.79 Å². The molecule has 0 atom stereocenters. The Morgan fingerprint density at radius 3 is 2.79 bits per heavy atom. The quantitative estimate of drug-likeness (QED) is 0.876. The topological polar surface area (TPSA) is 32.3 Å². The van der Waals surface area contributed by atoms with E-state index in [0.29, 0.717) is 6.42 Å². The highest BCUT2D eigenvalue weighted by Crippen LogP contribution is 2.22. The lowest BCUT2D eigenvalue weighted by atomic mass is 10.1. The fraction of sp³-hybridized carbons (Fsp3) is 0.643. The van der Waals surface area contributed by atoms with Crippen molar-refractivity contribution in [2.45, 2.75) is 32.1 Å². The van der Waals surface area contributed by atoms with E-state index in [1.165, 1.54) is 37.2 Å². The monoisotopic (exact) mass is 300 g/mol. The lowest BCUT2D eigenvalue weighted by Crippen LogP contribution is -2.37. The smallest absolute Gasteiger partial charge is 0.220 e. The summed E-state index contributed by atoms with van der Waals surface area (Å²) in [4.78, 5) is 15.3. The molecule has 1 aromatic rings. The number of hydrogen-bond acceptors (Lipinski definition) is 3. The number of piperidine rings is 1. The summed E-state index contributed by atoms with van der Waals surface area (Å²) < 4.78 is 0.792. The molecule has 1 N–H and O–H groups in total. The van der Waals surface area contributed by atoms with Gasteiger partial charge < -0.3 is 10.2 Å². The average molecular weight is 301 g/mol. The Morgan fingerprint density at radius 1 is 1.32 bits per heavy atom. The van der Waals surface area contributed by atoms with Crippen molar-refractivity contribution in [1.29, 1.82) is 0 Å². The van der Waals surface area contributed by atoms with Crippen LogP contribution in [-0.4, -0.2) is 37.0 Å². The van der Waals surface area contributed by atoms with Gasteiger partial charge in [-0.2, -0.15) is 0 Å². The first-order valence-electron chi connectivity index (χ1n) is 6.97. The number of carbonyl (C=O) groups is 1. The van der Waals surface area contributed by atoms with Crippen molar-refractivity contribution in [2.75, 3.05) is 26.2 Å². The molecule has 2 rings (SSSR count). The van der Waals surface area contributed by atoms with Gasteiger partial charge in [0, 0.05) is 24.4 Å². The molecule has 3 nitrogen and oxygen atoms in total. The van der Waals surface area contributed by atoms with E-state index in [9.17, 15) is 4.79 Å². The zero-order chi connectivity index (χ0) is 13.5. The summed E-state index contributed by atoms with van der Waals surface area (Å²) in [5, 5.41) is 3.00. The second kappa shape index (κ2) is 7.88. The van der Waals surface area contributed by atoms with Crippen molar-refractivity contribution in [3.63, 3.8) is 0 Å². The number of thiophene rings is 1. The van der Waals surface area contributed by atoms with E-state index >= 15 is 0 Å². The first kappa shape index (κ1) is 14.8. The predicted octanol–water partition coefficient (Wildman–Crippen LogP) is 2.94. The molecule has 0 aromatic carbocycles. The minimum atomic E-state index is 0.140.